The number of rotatable bonds is 8. The molecule has 19 heavy (non-hydrogen) atoms. The first-order valence-corrected chi connectivity index (χ1v) is 8.41. The average Bonchev–Trinajstić information content (AvgIpc) is 2.78. The summed E-state index contributed by atoms with van der Waals surface area (Å²) in [6, 6.07) is 3.33. The van der Waals surface area contributed by atoms with Crippen LogP contribution in [0.4, 0.5) is 0 Å². The molecule has 0 aromatic carbocycles. The molecule has 1 aromatic heterocycles. The van der Waals surface area contributed by atoms with Crippen molar-refractivity contribution in [2.75, 3.05) is 26.8 Å². The Balaban J connectivity index is 2.67. The van der Waals surface area contributed by atoms with Gasteiger partial charge in [0.15, 0.2) is 0 Å². The number of hydrogen-bond donors (Lipinski definition) is 1. The van der Waals surface area contributed by atoms with E-state index in [1.807, 2.05) is 13.8 Å². The van der Waals surface area contributed by atoms with Crippen LogP contribution in [0, 0.1) is 0 Å². The van der Waals surface area contributed by atoms with Crippen LogP contribution in [0.15, 0.2) is 16.3 Å². The number of nitrogens with zero attached hydrogens (tertiary/aromatic N) is 1. The van der Waals surface area contributed by atoms with Gasteiger partial charge in [0.25, 0.3) is 10.0 Å². The van der Waals surface area contributed by atoms with Crippen LogP contribution in [-0.4, -0.2) is 50.7 Å². The second-order valence-corrected chi connectivity index (χ2v) is 7.88. The van der Waals surface area contributed by atoms with Crippen molar-refractivity contribution >= 4 is 21.4 Å². The Bertz CT molecular complexity index is 482. The van der Waals surface area contributed by atoms with Gasteiger partial charge in [-0.05, 0) is 26.0 Å². The van der Waals surface area contributed by atoms with Crippen molar-refractivity contribution in [2.24, 2.45) is 0 Å². The highest BCUT2D eigenvalue weighted by atomic mass is 32.2. The lowest BCUT2D eigenvalue weighted by atomic mass is 10.4. The summed E-state index contributed by atoms with van der Waals surface area (Å²) in [4.78, 5) is 0.868. The molecule has 0 radical (unpaired) electrons. The lowest BCUT2D eigenvalue weighted by molar-refractivity contribution is 0.0737. The van der Waals surface area contributed by atoms with E-state index in [2.05, 4.69) is 0 Å². The third-order valence-electron chi connectivity index (χ3n) is 2.52. The smallest absolute Gasteiger partial charge is 0.252 e. The van der Waals surface area contributed by atoms with E-state index in [-0.39, 0.29) is 12.7 Å². The first kappa shape index (κ1) is 16.6. The van der Waals surface area contributed by atoms with Gasteiger partial charge in [-0.3, -0.25) is 0 Å². The predicted octanol–water partition coefficient (Wildman–Crippen LogP) is 1.33. The molecule has 0 spiro atoms. The molecule has 1 rings (SSSR count). The van der Waals surface area contributed by atoms with Gasteiger partial charge in [0.2, 0.25) is 0 Å². The molecule has 0 aliphatic carbocycles. The third kappa shape index (κ3) is 4.85. The van der Waals surface area contributed by atoms with Crippen LogP contribution in [0.2, 0.25) is 0 Å². The number of likely N-dealkylation sites (N-methyl/N-ethyl adjacent to an activating group) is 1. The normalized spacial score (nSPS) is 12.5. The monoisotopic (exact) mass is 307 g/mol. The lowest BCUT2D eigenvalue weighted by Gasteiger charge is -2.16. The Morgan fingerprint density at radius 3 is 2.68 bits per heavy atom. The maximum Gasteiger partial charge on any atom is 0.252 e. The van der Waals surface area contributed by atoms with E-state index in [1.54, 1.807) is 19.2 Å². The average molecular weight is 307 g/mol. The van der Waals surface area contributed by atoms with Crippen LogP contribution in [0.1, 0.15) is 18.7 Å². The first-order chi connectivity index (χ1) is 8.87. The van der Waals surface area contributed by atoms with Crippen molar-refractivity contribution < 1.29 is 18.3 Å². The topological polar surface area (TPSA) is 66.8 Å². The van der Waals surface area contributed by atoms with Crippen LogP contribution < -0.4 is 0 Å². The molecule has 1 aromatic rings. The fourth-order valence-corrected chi connectivity index (χ4v) is 4.14. The van der Waals surface area contributed by atoms with Gasteiger partial charge in [-0.1, -0.05) is 0 Å². The van der Waals surface area contributed by atoms with Crippen molar-refractivity contribution in [3.63, 3.8) is 0 Å². The number of sulfonamides is 1. The fraction of sp³-hybridized carbons (Fsp3) is 0.667. The minimum absolute atomic E-state index is 0.0259. The Kier molecular flexibility index (Phi) is 6.41. The number of thiophene rings is 1. The number of aliphatic hydroxyl groups excluding tert-OH is 1. The van der Waals surface area contributed by atoms with Gasteiger partial charge in [-0.15, -0.1) is 11.3 Å². The van der Waals surface area contributed by atoms with Crippen LogP contribution in [0.3, 0.4) is 0 Å². The maximum absolute atomic E-state index is 12.2. The van der Waals surface area contributed by atoms with E-state index in [0.29, 0.717) is 23.8 Å². The molecule has 0 unspecified atom stereocenters. The van der Waals surface area contributed by atoms with Crippen LogP contribution in [0.5, 0.6) is 0 Å². The number of hydrogen-bond acceptors (Lipinski definition) is 5. The zero-order valence-electron chi connectivity index (χ0n) is 11.5. The zero-order chi connectivity index (χ0) is 14.5. The minimum atomic E-state index is -3.44. The molecule has 1 N–H and O–H groups in total. The van der Waals surface area contributed by atoms with E-state index >= 15 is 0 Å². The standard InChI is InChI=1S/C12H21NO4S2/c1-10(2)17-9-7-13(3)19(15,16)12-5-4-11(18-12)6-8-14/h4-5,10,14H,6-9H2,1-3H3. The fourth-order valence-electron chi connectivity index (χ4n) is 1.43. The molecule has 7 heteroatoms. The Hall–Kier alpha value is -0.470. The molecule has 0 saturated carbocycles. The van der Waals surface area contributed by atoms with Gasteiger partial charge in [0.05, 0.1) is 12.7 Å². The summed E-state index contributed by atoms with van der Waals surface area (Å²) in [6.45, 7) is 4.55. The van der Waals surface area contributed by atoms with Gasteiger partial charge in [-0.25, -0.2) is 8.42 Å². The van der Waals surface area contributed by atoms with Crippen molar-refractivity contribution in [1.82, 2.24) is 4.31 Å². The molecule has 0 fully saturated rings. The summed E-state index contributed by atoms with van der Waals surface area (Å²) in [6.07, 6.45) is 0.578. The van der Waals surface area contributed by atoms with E-state index in [4.69, 9.17) is 9.84 Å². The molecule has 0 saturated heterocycles. The predicted molar refractivity (Wildman–Crippen MR) is 76.0 cm³/mol. The molecule has 0 aliphatic rings. The molecule has 110 valence electrons. The largest absolute Gasteiger partial charge is 0.396 e. The molecule has 0 atom stereocenters. The van der Waals surface area contributed by atoms with Gasteiger partial charge >= 0.3 is 0 Å². The van der Waals surface area contributed by atoms with E-state index in [0.717, 1.165) is 4.88 Å². The van der Waals surface area contributed by atoms with E-state index in [1.165, 1.54) is 15.6 Å². The Labute approximate surface area is 118 Å². The Morgan fingerprint density at radius 1 is 1.42 bits per heavy atom. The minimum Gasteiger partial charge on any atom is -0.396 e. The van der Waals surface area contributed by atoms with Crippen molar-refractivity contribution in [3.05, 3.63) is 17.0 Å². The number of ether oxygens (including phenoxy) is 1. The summed E-state index contributed by atoms with van der Waals surface area (Å²) in [5, 5.41) is 8.84. The summed E-state index contributed by atoms with van der Waals surface area (Å²) < 4.78 is 31.4. The lowest BCUT2D eigenvalue weighted by Crippen LogP contribution is -2.30. The second-order valence-electron chi connectivity index (χ2n) is 4.44. The SMILES string of the molecule is CC(C)OCCN(C)S(=O)(=O)c1ccc(CCO)s1. The molecule has 0 bridgehead atoms. The summed E-state index contributed by atoms with van der Waals surface area (Å²) in [7, 11) is -1.90. The van der Waals surface area contributed by atoms with Gasteiger partial charge in [0, 0.05) is 31.5 Å². The van der Waals surface area contributed by atoms with E-state index in [9.17, 15) is 8.42 Å². The van der Waals surface area contributed by atoms with E-state index < -0.39 is 10.0 Å². The van der Waals surface area contributed by atoms with Gasteiger partial charge < -0.3 is 9.84 Å². The zero-order valence-corrected chi connectivity index (χ0v) is 13.1. The summed E-state index contributed by atoms with van der Waals surface area (Å²) in [5.41, 5.74) is 0. The summed E-state index contributed by atoms with van der Waals surface area (Å²) in [5.74, 6) is 0. The highest BCUT2D eigenvalue weighted by molar-refractivity contribution is 7.91. The van der Waals surface area contributed by atoms with Crippen molar-refractivity contribution in [3.8, 4) is 0 Å². The van der Waals surface area contributed by atoms with Gasteiger partial charge in [-0.2, -0.15) is 4.31 Å². The van der Waals surface area contributed by atoms with Crippen LogP contribution in [0.25, 0.3) is 0 Å². The summed E-state index contributed by atoms with van der Waals surface area (Å²) >= 11 is 1.20. The molecule has 0 aliphatic heterocycles. The molecular weight excluding hydrogens is 286 g/mol. The highest BCUT2D eigenvalue weighted by Crippen LogP contribution is 2.24. The number of aliphatic hydroxyl groups is 1. The quantitative estimate of drug-likeness (QED) is 0.787. The molecule has 0 amide bonds. The van der Waals surface area contributed by atoms with Crippen molar-refractivity contribution in [2.45, 2.75) is 30.6 Å². The highest BCUT2D eigenvalue weighted by Gasteiger charge is 2.22. The molecule has 1 heterocycles. The molecular formula is C12H21NO4S2. The third-order valence-corrected chi connectivity index (χ3v) is 5.99. The second kappa shape index (κ2) is 7.35. The van der Waals surface area contributed by atoms with Crippen molar-refractivity contribution in [1.29, 1.82) is 0 Å². The molecule has 5 nitrogen and oxygen atoms in total. The van der Waals surface area contributed by atoms with Crippen LogP contribution >= 0.6 is 11.3 Å². The maximum atomic E-state index is 12.2. The van der Waals surface area contributed by atoms with Crippen LogP contribution in [-0.2, 0) is 21.2 Å². The Morgan fingerprint density at radius 2 is 2.11 bits per heavy atom. The first-order valence-electron chi connectivity index (χ1n) is 6.15. The van der Waals surface area contributed by atoms with Gasteiger partial charge in [0.1, 0.15) is 4.21 Å².